The highest BCUT2D eigenvalue weighted by molar-refractivity contribution is 7.71. The standard InChI is InChI=1S/C20H28N4S/c1-15-8-3-5-11-17(15)19-21-24(20(25)22(19)2)14-23-13-7-10-16-9-4-6-12-18(16)23/h3,5,8,11,16,18H,4,6-7,9-10,12-14H2,1-2H3/t16-,18-/m0/s1. The molecule has 1 saturated heterocycles. The van der Waals surface area contributed by atoms with E-state index in [0.29, 0.717) is 0 Å². The van der Waals surface area contributed by atoms with E-state index in [0.717, 1.165) is 29.2 Å². The third-order valence-corrected chi connectivity index (χ3v) is 6.59. The van der Waals surface area contributed by atoms with E-state index < -0.39 is 0 Å². The third-order valence-electron chi connectivity index (χ3n) is 6.10. The minimum absolute atomic E-state index is 0.730. The van der Waals surface area contributed by atoms with Gasteiger partial charge in [-0.1, -0.05) is 37.1 Å². The fourth-order valence-corrected chi connectivity index (χ4v) is 4.90. The van der Waals surface area contributed by atoms with Crippen LogP contribution in [-0.2, 0) is 13.7 Å². The molecule has 0 N–H and O–H groups in total. The van der Waals surface area contributed by atoms with Crippen molar-refractivity contribution in [2.75, 3.05) is 6.54 Å². The van der Waals surface area contributed by atoms with Crippen molar-refractivity contribution >= 4 is 12.2 Å². The lowest BCUT2D eigenvalue weighted by molar-refractivity contribution is 0.0323. The quantitative estimate of drug-likeness (QED) is 0.755. The Balaban J connectivity index is 1.62. The van der Waals surface area contributed by atoms with Gasteiger partial charge in [0, 0.05) is 25.2 Å². The SMILES string of the molecule is Cc1ccccc1-c1nn(CN2CCC[C@@H]3CCCC[C@@H]32)c(=S)n1C. The first-order valence-corrected chi connectivity index (χ1v) is 10.00. The monoisotopic (exact) mass is 356 g/mol. The van der Waals surface area contributed by atoms with Crippen LogP contribution in [0.15, 0.2) is 24.3 Å². The first kappa shape index (κ1) is 17.0. The summed E-state index contributed by atoms with van der Waals surface area (Å²) in [6.45, 7) is 4.15. The summed E-state index contributed by atoms with van der Waals surface area (Å²) in [6, 6.07) is 9.14. The lowest BCUT2D eigenvalue weighted by Gasteiger charge is -2.43. The number of hydrogen-bond acceptors (Lipinski definition) is 3. The number of nitrogens with zero attached hydrogens (tertiary/aromatic N) is 4. The zero-order valence-electron chi connectivity index (χ0n) is 15.3. The number of piperidine rings is 1. The Hall–Kier alpha value is -1.46. The molecular formula is C20H28N4S. The van der Waals surface area contributed by atoms with Gasteiger partial charge in [-0.25, -0.2) is 4.68 Å². The van der Waals surface area contributed by atoms with Gasteiger partial charge in [0.1, 0.15) is 0 Å². The second kappa shape index (κ2) is 7.04. The normalized spacial score (nSPS) is 24.2. The topological polar surface area (TPSA) is 26.0 Å². The van der Waals surface area contributed by atoms with Crippen LogP contribution < -0.4 is 0 Å². The summed E-state index contributed by atoms with van der Waals surface area (Å²) in [6.07, 6.45) is 8.25. The van der Waals surface area contributed by atoms with E-state index in [1.54, 1.807) is 0 Å². The number of likely N-dealkylation sites (tertiary alicyclic amines) is 1. The van der Waals surface area contributed by atoms with E-state index in [1.807, 2.05) is 11.7 Å². The minimum Gasteiger partial charge on any atom is -0.303 e. The average Bonchev–Trinajstić information content (AvgIpc) is 2.91. The van der Waals surface area contributed by atoms with Gasteiger partial charge in [0.25, 0.3) is 0 Å². The van der Waals surface area contributed by atoms with Gasteiger partial charge in [0.15, 0.2) is 10.6 Å². The molecule has 2 fully saturated rings. The van der Waals surface area contributed by atoms with Crippen LogP contribution in [0.5, 0.6) is 0 Å². The minimum atomic E-state index is 0.730. The van der Waals surface area contributed by atoms with Gasteiger partial charge in [-0.05, 0) is 56.3 Å². The van der Waals surface area contributed by atoms with Crippen molar-refractivity contribution in [1.82, 2.24) is 19.2 Å². The van der Waals surface area contributed by atoms with Crippen molar-refractivity contribution in [2.24, 2.45) is 13.0 Å². The lowest BCUT2D eigenvalue weighted by Crippen LogP contribution is -2.47. The van der Waals surface area contributed by atoms with Crippen molar-refractivity contribution < 1.29 is 0 Å². The number of aromatic nitrogens is 3. The Kier molecular flexibility index (Phi) is 4.78. The van der Waals surface area contributed by atoms with Crippen molar-refractivity contribution in [3.63, 3.8) is 0 Å². The predicted octanol–water partition coefficient (Wildman–Crippen LogP) is 4.54. The molecule has 5 heteroatoms. The fourth-order valence-electron chi connectivity index (χ4n) is 4.71. The van der Waals surface area contributed by atoms with Crippen LogP contribution in [0.25, 0.3) is 11.4 Å². The number of rotatable bonds is 3. The van der Waals surface area contributed by atoms with Crippen LogP contribution in [0, 0.1) is 17.6 Å². The van der Waals surface area contributed by atoms with Gasteiger partial charge in [-0.15, -0.1) is 0 Å². The summed E-state index contributed by atoms with van der Waals surface area (Å²) < 4.78 is 4.91. The molecule has 25 heavy (non-hydrogen) atoms. The first-order chi connectivity index (χ1) is 12.1. The average molecular weight is 357 g/mol. The highest BCUT2D eigenvalue weighted by atomic mass is 32.1. The van der Waals surface area contributed by atoms with E-state index in [-0.39, 0.29) is 0 Å². The molecule has 1 saturated carbocycles. The number of hydrogen-bond donors (Lipinski definition) is 0. The maximum absolute atomic E-state index is 5.71. The molecular weight excluding hydrogens is 328 g/mol. The summed E-state index contributed by atoms with van der Waals surface area (Å²) in [7, 11) is 2.03. The summed E-state index contributed by atoms with van der Waals surface area (Å²) in [4.78, 5) is 2.64. The van der Waals surface area contributed by atoms with Crippen LogP contribution >= 0.6 is 12.2 Å². The van der Waals surface area contributed by atoms with Gasteiger partial charge in [-0.2, -0.15) is 5.10 Å². The van der Waals surface area contributed by atoms with E-state index in [9.17, 15) is 0 Å². The lowest BCUT2D eigenvalue weighted by atomic mass is 9.78. The molecule has 0 bridgehead atoms. The zero-order valence-corrected chi connectivity index (χ0v) is 16.1. The van der Waals surface area contributed by atoms with E-state index in [2.05, 4.69) is 40.7 Å². The van der Waals surface area contributed by atoms with Gasteiger partial charge in [0.2, 0.25) is 0 Å². The maximum atomic E-state index is 5.71. The number of benzene rings is 1. The van der Waals surface area contributed by atoms with E-state index >= 15 is 0 Å². The number of aryl methyl sites for hydroxylation is 1. The Morgan fingerprint density at radius 3 is 2.72 bits per heavy atom. The molecule has 0 radical (unpaired) electrons. The second-order valence-electron chi connectivity index (χ2n) is 7.69. The van der Waals surface area contributed by atoms with Gasteiger partial charge in [-0.3, -0.25) is 4.90 Å². The van der Waals surface area contributed by atoms with Crippen molar-refractivity contribution in [3.05, 3.63) is 34.6 Å². The molecule has 2 atom stereocenters. The molecule has 1 aromatic heterocycles. The Morgan fingerprint density at radius 1 is 1.12 bits per heavy atom. The summed E-state index contributed by atoms with van der Waals surface area (Å²) in [5, 5.41) is 4.91. The number of fused-ring (bicyclic) bond motifs is 1. The molecule has 4 rings (SSSR count). The third kappa shape index (κ3) is 3.20. The highest BCUT2D eigenvalue weighted by Gasteiger charge is 2.33. The Morgan fingerprint density at radius 2 is 1.88 bits per heavy atom. The maximum Gasteiger partial charge on any atom is 0.199 e. The van der Waals surface area contributed by atoms with Crippen molar-refractivity contribution in [2.45, 2.75) is 58.2 Å². The molecule has 0 unspecified atom stereocenters. The fraction of sp³-hybridized carbons (Fsp3) is 0.600. The van der Waals surface area contributed by atoms with Gasteiger partial charge < -0.3 is 4.57 Å². The zero-order chi connectivity index (χ0) is 17.4. The Labute approximate surface area is 155 Å². The van der Waals surface area contributed by atoms with Crippen molar-refractivity contribution in [1.29, 1.82) is 0 Å². The molecule has 2 aromatic rings. The van der Waals surface area contributed by atoms with Crippen LogP contribution in [-0.4, -0.2) is 31.8 Å². The van der Waals surface area contributed by atoms with E-state index in [1.165, 1.54) is 56.2 Å². The summed E-state index contributed by atoms with van der Waals surface area (Å²) >= 11 is 5.71. The second-order valence-corrected chi connectivity index (χ2v) is 8.05. The van der Waals surface area contributed by atoms with Gasteiger partial charge >= 0.3 is 0 Å². The van der Waals surface area contributed by atoms with Crippen LogP contribution in [0.4, 0.5) is 0 Å². The molecule has 134 valence electrons. The van der Waals surface area contributed by atoms with Crippen LogP contribution in [0.2, 0.25) is 0 Å². The molecule has 2 aliphatic rings. The first-order valence-electron chi connectivity index (χ1n) is 9.59. The molecule has 0 spiro atoms. The summed E-state index contributed by atoms with van der Waals surface area (Å²) in [5.74, 6) is 1.86. The summed E-state index contributed by atoms with van der Waals surface area (Å²) in [5.41, 5.74) is 2.41. The largest absolute Gasteiger partial charge is 0.303 e. The molecule has 0 amide bonds. The highest BCUT2D eigenvalue weighted by Crippen LogP contribution is 2.35. The Bertz CT molecular complexity index is 804. The molecule has 4 nitrogen and oxygen atoms in total. The smallest absolute Gasteiger partial charge is 0.199 e. The molecule has 1 aromatic carbocycles. The van der Waals surface area contributed by atoms with Gasteiger partial charge in [0.05, 0.1) is 6.67 Å². The van der Waals surface area contributed by atoms with E-state index in [4.69, 9.17) is 17.3 Å². The molecule has 1 aliphatic heterocycles. The van der Waals surface area contributed by atoms with Crippen LogP contribution in [0.1, 0.15) is 44.1 Å². The molecule has 2 heterocycles. The van der Waals surface area contributed by atoms with Crippen molar-refractivity contribution in [3.8, 4) is 11.4 Å². The van der Waals surface area contributed by atoms with Crippen LogP contribution in [0.3, 0.4) is 0 Å². The molecule has 1 aliphatic carbocycles. The predicted molar refractivity (Wildman–Crippen MR) is 104 cm³/mol.